The Hall–Kier alpha value is -3.28. The molecule has 0 saturated carbocycles. The summed E-state index contributed by atoms with van der Waals surface area (Å²) in [6.45, 7) is 6.44. The summed E-state index contributed by atoms with van der Waals surface area (Å²) in [7, 11) is 0. The third kappa shape index (κ3) is 3.01. The molecule has 0 unspecified atom stereocenters. The lowest BCUT2D eigenvalue weighted by Gasteiger charge is -2.18. The lowest BCUT2D eigenvalue weighted by atomic mass is 9.96. The third-order valence-corrected chi connectivity index (χ3v) is 5.16. The van der Waals surface area contributed by atoms with Crippen LogP contribution in [-0.2, 0) is 13.2 Å². The molecule has 2 N–H and O–H groups in total. The zero-order valence-electron chi connectivity index (χ0n) is 16.0. The number of aryl methyl sites for hydroxylation is 1. The fourth-order valence-electron chi connectivity index (χ4n) is 3.69. The summed E-state index contributed by atoms with van der Waals surface area (Å²) < 4.78 is 11.8. The van der Waals surface area contributed by atoms with Crippen LogP contribution in [0.4, 0.5) is 0 Å². The minimum absolute atomic E-state index is 0.529. The van der Waals surface area contributed by atoms with Crippen molar-refractivity contribution < 1.29 is 9.47 Å². The second-order valence-corrected chi connectivity index (χ2v) is 7.16. The van der Waals surface area contributed by atoms with Gasteiger partial charge in [0.1, 0.15) is 30.5 Å². The van der Waals surface area contributed by atoms with Crippen molar-refractivity contribution in [2.75, 3.05) is 13.2 Å². The number of amidine groups is 1. The van der Waals surface area contributed by atoms with E-state index in [1.165, 1.54) is 0 Å². The average molecular weight is 374 g/mol. The van der Waals surface area contributed by atoms with Crippen molar-refractivity contribution >= 4 is 5.84 Å². The highest BCUT2D eigenvalue weighted by Gasteiger charge is 2.21. The Morgan fingerprint density at radius 1 is 0.964 bits per heavy atom. The molecule has 0 spiro atoms. The van der Waals surface area contributed by atoms with Crippen molar-refractivity contribution in [1.29, 1.82) is 0 Å². The van der Waals surface area contributed by atoms with E-state index in [1.807, 2.05) is 13.8 Å². The van der Waals surface area contributed by atoms with Gasteiger partial charge >= 0.3 is 0 Å². The Kier molecular flexibility index (Phi) is 4.04. The van der Waals surface area contributed by atoms with Crippen LogP contribution in [-0.4, -0.2) is 29.0 Å². The van der Waals surface area contributed by atoms with E-state index in [1.54, 1.807) is 0 Å². The van der Waals surface area contributed by atoms with Gasteiger partial charge in [-0.1, -0.05) is 24.3 Å². The number of hydrogen-bond donors (Lipinski definition) is 2. The fourth-order valence-corrected chi connectivity index (χ4v) is 3.69. The number of nitrogens with one attached hydrogen (secondary N) is 2. The first kappa shape index (κ1) is 16.9. The predicted octanol–water partition coefficient (Wildman–Crippen LogP) is 3.84. The second-order valence-electron chi connectivity index (χ2n) is 7.16. The maximum absolute atomic E-state index is 6.01. The maximum atomic E-state index is 6.01. The second kappa shape index (κ2) is 6.71. The highest BCUT2D eigenvalue weighted by molar-refractivity contribution is 5.79. The van der Waals surface area contributed by atoms with Crippen LogP contribution < -0.4 is 14.8 Å². The van der Waals surface area contributed by atoms with Crippen LogP contribution in [0.2, 0.25) is 0 Å². The van der Waals surface area contributed by atoms with Gasteiger partial charge in [-0.15, -0.1) is 0 Å². The summed E-state index contributed by atoms with van der Waals surface area (Å²) in [4.78, 5) is 12.3. The van der Waals surface area contributed by atoms with E-state index in [0.29, 0.717) is 25.6 Å². The van der Waals surface area contributed by atoms with Crippen LogP contribution in [0.1, 0.15) is 23.9 Å². The van der Waals surface area contributed by atoms with Crippen LogP contribution in [0.15, 0.2) is 41.4 Å². The highest BCUT2D eigenvalue weighted by Crippen LogP contribution is 2.38. The Bertz CT molecular complexity index is 1080. The van der Waals surface area contributed by atoms with E-state index >= 15 is 0 Å². The summed E-state index contributed by atoms with van der Waals surface area (Å²) in [5.41, 5.74) is 6.64. The maximum Gasteiger partial charge on any atom is 0.240 e. The number of rotatable bonds is 1. The number of hydrogen-bond acceptors (Lipinski definition) is 5. The number of benzene rings is 2. The van der Waals surface area contributed by atoms with E-state index in [9.17, 15) is 0 Å². The van der Waals surface area contributed by atoms with Crippen molar-refractivity contribution in [2.45, 2.75) is 27.0 Å². The molecule has 6 nitrogen and oxygen atoms in total. The van der Waals surface area contributed by atoms with Gasteiger partial charge in [0.25, 0.3) is 0 Å². The minimum Gasteiger partial charge on any atom is -0.491 e. The van der Waals surface area contributed by atoms with Gasteiger partial charge in [0.2, 0.25) is 5.88 Å². The molecule has 5 rings (SSSR count). The molecule has 0 amide bonds. The summed E-state index contributed by atoms with van der Waals surface area (Å²) in [5, 5.41) is 3.25. The van der Waals surface area contributed by atoms with E-state index in [4.69, 9.17) is 9.47 Å². The highest BCUT2D eigenvalue weighted by atomic mass is 16.5. The fraction of sp³-hybridized carbons (Fsp3) is 0.273. The molecular weight excluding hydrogens is 352 g/mol. The molecular formula is C22H22N4O2. The van der Waals surface area contributed by atoms with E-state index in [-0.39, 0.29) is 0 Å². The molecule has 1 aromatic heterocycles. The Balaban J connectivity index is 1.51. The summed E-state index contributed by atoms with van der Waals surface area (Å²) >= 11 is 0. The van der Waals surface area contributed by atoms with Gasteiger partial charge in [0.05, 0.1) is 18.9 Å². The summed E-state index contributed by atoms with van der Waals surface area (Å²) in [5.74, 6) is 3.40. The molecule has 0 fully saturated rings. The Morgan fingerprint density at radius 3 is 2.75 bits per heavy atom. The van der Waals surface area contributed by atoms with Gasteiger partial charge in [0.15, 0.2) is 0 Å². The van der Waals surface area contributed by atoms with Gasteiger partial charge < -0.3 is 19.8 Å². The molecule has 2 aliphatic rings. The third-order valence-electron chi connectivity index (χ3n) is 5.16. The number of imidazole rings is 1. The molecule has 2 aliphatic heterocycles. The number of nitrogens with zero attached hydrogens (tertiary/aromatic N) is 2. The van der Waals surface area contributed by atoms with Crippen molar-refractivity contribution in [3.05, 3.63) is 53.3 Å². The summed E-state index contributed by atoms with van der Waals surface area (Å²) in [6, 6.07) is 12.8. The number of aromatic amines is 1. The Labute approximate surface area is 163 Å². The normalized spacial score (nSPS) is 15.3. The molecule has 142 valence electrons. The molecule has 6 heteroatoms. The molecule has 0 atom stereocenters. The lowest BCUT2D eigenvalue weighted by molar-refractivity contribution is 0.291. The quantitative estimate of drug-likeness (QED) is 0.679. The zero-order valence-corrected chi connectivity index (χ0v) is 16.0. The first-order valence-electron chi connectivity index (χ1n) is 9.51. The molecule has 0 radical (unpaired) electrons. The van der Waals surface area contributed by atoms with Crippen molar-refractivity contribution in [2.24, 2.45) is 4.99 Å². The van der Waals surface area contributed by atoms with Crippen LogP contribution in [0, 0.1) is 6.92 Å². The van der Waals surface area contributed by atoms with Crippen LogP contribution >= 0.6 is 0 Å². The predicted molar refractivity (Wildman–Crippen MR) is 109 cm³/mol. The average Bonchev–Trinajstić information content (AvgIpc) is 3.13. The number of ether oxygens (including phenoxy) is 2. The SMILES string of the molecule is CC1=NCc2ccc(-c3ccc4c(c3)COc3nc(C)[nH]c3-4)cc2OCCN1. The minimum atomic E-state index is 0.529. The number of fused-ring (bicyclic) bond motifs is 4. The van der Waals surface area contributed by atoms with Crippen molar-refractivity contribution in [3.63, 3.8) is 0 Å². The van der Waals surface area contributed by atoms with Crippen molar-refractivity contribution in [3.8, 4) is 34.0 Å². The van der Waals surface area contributed by atoms with Crippen LogP contribution in [0.5, 0.6) is 11.6 Å². The number of aromatic nitrogens is 2. The van der Waals surface area contributed by atoms with Crippen LogP contribution in [0.3, 0.4) is 0 Å². The van der Waals surface area contributed by atoms with E-state index < -0.39 is 0 Å². The number of H-pyrrole nitrogens is 1. The molecule has 2 aromatic carbocycles. The Morgan fingerprint density at radius 2 is 1.82 bits per heavy atom. The molecule has 3 aromatic rings. The van der Waals surface area contributed by atoms with Crippen LogP contribution in [0.25, 0.3) is 22.4 Å². The molecule has 28 heavy (non-hydrogen) atoms. The van der Waals surface area contributed by atoms with E-state index in [0.717, 1.165) is 57.5 Å². The molecule has 0 bridgehead atoms. The number of aliphatic imine (C=N–C) groups is 1. The van der Waals surface area contributed by atoms with Crippen molar-refractivity contribution in [1.82, 2.24) is 15.3 Å². The molecule has 0 aliphatic carbocycles. The monoisotopic (exact) mass is 374 g/mol. The van der Waals surface area contributed by atoms with Gasteiger partial charge in [-0.05, 0) is 42.7 Å². The molecule has 3 heterocycles. The standard InChI is InChI=1S/C22H22N4O2/c1-13-23-7-8-27-20-10-16(3-4-17(20)11-24-13)15-5-6-19-18(9-15)12-28-22-21(19)25-14(2)26-22/h3-6,9-10H,7-8,11-12H2,1-2H3,(H,23,24)(H,25,26). The van der Waals surface area contributed by atoms with Gasteiger partial charge in [-0.2, -0.15) is 4.98 Å². The zero-order chi connectivity index (χ0) is 19.1. The van der Waals surface area contributed by atoms with E-state index in [2.05, 4.69) is 56.7 Å². The smallest absolute Gasteiger partial charge is 0.240 e. The van der Waals surface area contributed by atoms with Gasteiger partial charge in [-0.3, -0.25) is 4.99 Å². The summed E-state index contributed by atoms with van der Waals surface area (Å²) in [6.07, 6.45) is 0. The lowest BCUT2D eigenvalue weighted by Crippen LogP contribution is -2.25. The largest absolute Gasteiger partial charge is 0.491 e. The van der Waals surface area contributed by atoms with Gasteiger partial charge in [0, 0.05) is 11.1 Å². The topological polar surface area (TPSA) is 71.5 Å². The first-order valence-corrected chi connectivity index (χ1v) is 9.51. The van der Waals surface area contributed by atoms with Gasteiger partial charge in [-0.25, -0.2) is 0 Å². The first-order chi connectivity index (χ1) is 13.7. The molecule has 0 saturated heterocycles.